The SMILES string of the molecule is CCc1ccc(N(C(=O)CNC(=O)c2cccs2)C(C(=O)NC2CCCC2)c2cccnc2)cc1. The average Bonchev–Trinajstić information content (AvgIpc) is 3.61. The van der Waals surface area contributed by atoms with Gasteiger partial charge >= 0.3 is 0 Å². The second-order valence-corrected chi connectivity index (χ2v) is 9.57. The molecule has 3 aromatic rings. The van der Waals surface area contributed by atoms with Crippen LogP contribution in [0.4, 0.5) is 5.69 Å². The number of pyridine rings is 1. The number of carbonyl (C=O) groups is 3. The predicted molar refractivity (Wildman–Crippen MR) is 137 cm³/mol. The average molecular weight is 491 g/mol. The Labute approximate surface area is 209 Å². The molecule has 1 atom stereocenters. The summed E-state index contributed by atoms with van der Waals surface area (Å²) in [6.07, 6.45) is 8.14. The van der Waals surface area contributed by atoms with Crippen molar-refractivity contribution >= 4 is 34.7 Å². The number of aromatic nitrogens is 1. The lowest BCUT2D eigenvalue weighted by atomic mass is 10.0. The summed E-state index contributed by atoms with van der Waals surface area (Å²) in [6, 6.07) is 13.8. The second-order valence-electron chi connectivity index (χ2n) is 8.62. The maximum Gasteiger partial charge on any atom is 0.261 e. The Balaban J connectivity index is 1.66. The molecule has 0 spiro atoms. The number of hydrogen-bond acceptors (Lipinski definition) is 5. The van der Waals surface area contributed by atoms with Crippen molar-refractivity contribution in [2.75, 3.05) is 11.4 Å². The molecule has 8 heteroatoms. The molecule has 2 heterocycles. The molecular formula is C27H30N4O3S. The molecule has 0 saturated heterocycles. The van der Waals surface area contributed by atoms with E-state index in [0.29, 0.717) is 16.1 Å². The summed E-state index contributed by atoms with van der Waals surface area (Å²) in [4.78, 5) is 46.0. The monoisotopic (exact) mass is 490 g/mol. The number of carbonyl (C=O) groups excluding carboxylic acids is 3. The Morgan fingerprint density at radius 3 is 2.49 bits per heavy atom. The summed E-state index contributed by atoms with van der Waals surface area (Å²) in [7, 11) is 0. The lowest BCUT2D eigenvalue weighted by Crippen LogP contribution is -2.49. The highest BCUT2D eigenvalue weighted by atomic mass is 32.1. The Bertz CT molecular complexity index is 1130. The predicted octanol–water partition coefficient (Wildman–Crippen LogP) is 4.27. The van der Waals surface area contributed by atoms with Gasteiger partial charge in [0.25, 0.3) is 5.91 Å². The van der Waals surface area contributed by atoms with Crippen LogP contribution < -0.4 is 15.5 Å². The van der Waals surface area contributed by atoms with E-state index in [0.717, 1.165) is 37.7 Å². The van der Waals surface area contributed by atoms with Crippen LogP contribution in [0.15, 0.2) is 66.3 Å². The van der Waals surface area contributed by atoms with Crippen LogP contribution in [-0.2, 0) is 16.0 Å². The van der Waals surface area contributed by atoms with Crippen molar-refractivity contribution in [3.05, 3.63) is 82.3 Å². The molecule has 182 valence electrons. The van der Waals surface area contributed by atoms with Gasteiger partial charge in [0.1, 0.15) is 6.04 Å². The molecule has 1 unspecified atom stereocenters. The minimum Gasteiger partial charge on any atom is -0.351 e. The highest BCUT2D eigenvalue weighted by Crippen LogP contribution is 2.29. The third kappa shape index (κ3) is 6.14. The molecule has 4 rings (SSSR count). The number of nitrogens with zero attached hydrogens (tertiary/aromatic N) is 2. The van der Waals surface area contributed by atoms with Crippen molar-refractivity contribution in [3.8, 4) is 0 Å². The summed E-state index contributed by atoms with van der Waals surface area (Å²) >= 11 is 1.31. The van der Waals surface area contributed by atoms with Crippen LogP contribution in [-0.4, -0.2) is 35.3 Å². The summed E-state index contributed by atoms with van der Waals surface area (Å²) in [5, 5.41) is 7.66. The molecule has 7 nitrogen and oxygen atoms in total. The van der Waals surface area contributed by atoms with Crippen LogP contribution in [0.3, 0.4) is 0 Å². The van der Waals surface area contributed by atoms with E-state index in [2.05, 4.69) is 22.5 Å². The number of anilines is 1. The van der Waals surface area contributed by atoms with E-state index in [1.165, 1.54) is 16.2 Å². The molecule has 3 amide bonds. The lowest BCUT2D eigenvalue weighted by Gasteiger charge is -2.32. The van der Waals surface area contributed by atoms with E-state index in [9.17, 15) is 14.4 Å². The van der Waals surface area contributed by atoms with Gasteiger partial charge in [-0.05, 0) is 54.5 Å². The van der Waals surface area contributed by atoms with Gasteiger partial charge in [-0.1, -0.05) is 44.0 Å². The van der Waals surface area contributed by atoms with Crippen LogP contribution in [0.5, 0.6) is 0 Å². The Morgan fingerprint density at radius 1 is 1.09 bits per heavy atom. The largest absolute Gasteiger partial charge is 0.351 e. The van der Waals surface area contributed by atoms with Crippen molar-refractivity contribution in [2.24, 2.45) is 0 Å². The molecule has 1 saturated carbocycles. The lowest BCUT2D eigenvalue weighted by molar-refractivity contribution is -0.126. The molecule has 0 aliphatic heterocycles. The number of benzene rings is 1. The van der Waals surface area contributed by atoms with Crippen LogP contribution in [0, 0.1) is 0 Å². The van der Waals surface area contributed by atoms with Crippen molar-refractivity contribution in [1.29, 1.82) is 0 Å². The van der Waals surface area contributed by atoms with Gasteiger partial charge in [-0.25, -0.2) is 0 Å². The molecule has 1 aromatic carbocycles. The molecule has 1 aliphatic rings. The Hall–Kier alpha value is -3.52. The van der Waals surface area contributed by atoms with E-state index in [1.54, 1.807) is 36.7 Å². The smallest absolute Gasteiger partial charge is 0.261 e. The topological polar surface area (TPSA) is 91.4 Å². The first-order chi connectivity index (χ1) is 17.1. The number of thiophene rings is 1. The molecule has 0 radical (unpaired) electrons. The van der Waals surface area contributed by atoms with Crippen molar-refractivity contribution in [1.82, 2.24) is 15.6 Å². The fourth-order valence-corrected chi connectivity index (χ4v) is 5.01. The second kappa shape index (κ2) is 11.8. The van der Waals surface area contributed by atoms with Crippen LogP contribution in [0.2, 0.25) is 0 Å². The van der Waals surface area contributed by atoms with E-state index < -0.39 is 6.04 Å². The van der Waals surface area contributed by atoms with Gasteiger partial charge in [-0.15, -0.1) is 11.3 Å². The van der Waals surface area contributed by atoms with Crippen molar-refractivity contribution < 1.29 is 14.4 Å². The van der Waals surface area contributed by atoms with Crippen molar-refractivity contribution in [2.45, 2.75) is 51.1 Å². The molecule has 1 aliphatic carbocycles. The van der Waals surface area contributed by atoms with E-state index in [4.69, 9.17) is 0 Å². The minimum absolute atomic E-state index is 0.0969. The van der Waals surface area contributed by atoms with E-state index in [-0.39, 0.29) is 30.3 Å². The van der Waals surface area contributed by atoms with Gasteiger partial charge in [0.15, 0.2) is 0 Å². The van der Waals surface area contributed by atoms with Gasteiger partial charge in [0.05, 0.1) is 11.4 Å². The number of hydrogen-bond donors (Lipinski definition) is 2. The molecule has 35 heavy (non-hydrogen) atoms. The van der Waals surface area contributed by atoms with Crippen molar-refractivity contribution in [3.63, 3.8) is 0 Å². The zero-order valence-corrected chi connectivity index (χ0v) is 20.6. The van der Waals surface area contributed by atoms with E-state index in [1.807, 2.05) is 29.6 Å². The standard InChI is InChI=1S/C27H30N4O3S/c1-2-19-11-13-22(14-12-19)31(24(32)18-29-26(33)23-10-6-16-35-23)25(20-7-5-15-28-17-20)27(34)30-21-8-3-4-9-21/h5-7,10-17,21,25H,2-4,8-9,18H2,1H3,(H,29,33)(H,30,34). The van der Waals surface area contributed by atoms with Gasteiger partial charge in [0.2, 0.25) is 11.8 Å². The number of rotatable bonds is 9. The molecule has 2 N–H and O–H groups in total. The maximum absolute atomic E-state index is 13.6. The number of aryl methyl sites for hydroxylation is 1. The minimum atomic E-state index is -0.914. The quantitative estimate of drug-likeness (QED) is 0.469. The Morgan fingerprint density at radius 2 is 1.86 bits per heavy atom. The molecule has 1 fully saturated rings. The van der Waals surface area contributed by atoms with Gasteiger partial charge < -0.3 is 10.6 Å². The molecular weight excluding hydrogens is 460 g/mol. The summed E-state index contributed by atoms with van der Waals surface area (Å²) in [5.74, 6) is -0.944. The van der Waals surface area contributed by atoms with E-state index >= 15 is 0 Å². The Kier molecular flexibility index (Phi) is 8.26. The fraction of sp³-hybridized carbons (Fsp3) is 0.333. The molecule has 2 aromatic heterocycles. The number of nitrogens with one attached hydrogen (secondary N) is 2. The first-order valence-electron chi connectivity index (χ1n) is 12.0. The van der Waals surface area contributed by atoms with Gasteiger partial charge in [0, 0.05) is 29.7 Å². The van der Waals surface area contributed by atoms with Crippen LogP contribution in [0.25, 0.3) is 0 Å². The zero-order chi connectivity index (χ0) is 24.6. The van der Waals surface area contributed by atoms with Crippen LogP contribution in [0.1, 0.15) is 59.4 Å². The van der Waals surface area contributed by atoms with Gasteiger partial charge in [-0.3, -0.25) is 24.3 Å². The molecule has 0 bridgehead atoms. The first kappa shape index (κ1) is 24.6. The summed E-state index contributed by atoms with van der Waals surface area (Å²) in [6.45, 7) is 1.82. The summed E-state index contributed by atoms with van der Waals surface area (Å²) < 4.78 is 0. The van der Waals surface area contributed by atoms with Gasteiger partial charge in [-0.2, -0.15) is 0 Å². The third-order valence-corrected chi connectivity index (χ3v) is 7.11. The third-order valence-electron chi connectivity index (χ3n) is 6.24. The fourth-order valence-electron chi connectivity index (χ4n) is 4.37. The zero-order valence-electron chi connectivity index (χ0n) is 19.8. The highest BCUT2D eigenvalue weighted by Gasteiger charge is 2.34. The van der Waals surface area contributed by atoms with Crippen LogP contribution >= 0.6 is 11.3 Å². The normalized spacial score (nSPS) is 14.3. The maximum atomic E-state index is 13.6. The number of amides is 3. The first-order valence-corrected chi connectivity index (χ1v) is 12.9. The highest BCUT2D eigenvalue weighted by molar-refractivity contribution is 7.12. The summed E-state index contributed by atoms with van der Waals surface area (Å²) in [5.41, 5.74) is 2.33.